The van der Waals surface area contributed by atoms with Crippen molar-refractivity contribution in [2.24, 2.45) is 0 Å². The molecule has 14 heavy (non-hydrogen) atoms. The standard InChI is InChI=1S/C10H15Br2NS/c1-3-4-7(2)13-6-8-5-9(11)10(12)14-8/h5,7,13H,3-4,6H2,1-2H3. The highest BCUT2D eigenvalue weighted by molar-refractivity contribution is 9.13. The summed E-state index contributed by atoms with van der Waals surface area (Å²) in [6.45, 7) is 5.42. The molecule has 1 aromatic heterocycles. The molecular weight excluding hydrogens is 326 g/mol. The van der Waals surface area contributed by atoms with Crippen LogP contribution in [0.1, 0.15) is 31.6 Å². The summed E-state index contributed by atoms with van der Waals surface area (Å²) >= 11 is 8.77. The first kappa shape index (κ1) is 12.7. The fourth-order valence-corrected chi connectivity index (χ4v) is 3.42. The maximum Gasteiger partial charge on any atom is 0.0843 e. The van der Waals surface area contributed by atoms with Crippen LogP contribution in [0.3, 0.4) is 0 Å². The van der Waals surface area contributed by atoms with E-state index < -0.39 is 0 Å². The lowest BCUT2D eigenvalue weighted by Gasteiger charge is -2.10. The van der Waals surface area contributed by atoms with Gasteiger partial charge in [0.2, 0.25) is 0 Å². The van der Waals surface area contributed by atoms with E-state index in [1.165, 1.54) is 21.5 Å². The normalized spacial score (nSPS) is 13.1. The van der Waals surface area contributed by atoms with Crippen molar-refractivity contribution in [1.29, 1.82) is 0 Å². The molecule has 0 aliphatic carbocycles. The SMILES string of the molecule is CCCC(C)NCc1cc(Br)c(Br)s1. The Bertz CT molecular complexity index is 266. The second kappa shape index (κ2) is 6.26. The van der Waals surface area contributed by atoms with Crippen LogP contribution in [-0.4, -0.2) is 6.04 Å². The van der Waals surface area contributed by atoms with Gasteiger partial charge in [-0.3, -0.25) is 0 Å². The lowest BCUT2D eigenvalue weighted by molar-refractivity contribution is 0.511. The Balaban J connectivity index is 2.38. The summed E-state index contributed by atoms with van der Waals surface area (Å²) in [6, 6.07) is 2.78. The first-order valence-electron chi connectivity index (χ1n) is 4.80. The molecule has 0 amide bonds. The molecule has 0 radical (unpaired) electrons. The monoisotopic (exact) mass is 339 g/mol. The third-order valence-corrected chi connectivity index (χ3v) is 5.30. The van der Waals surface area contributed by atoms with Gasteiger partial charge in [0, 0.05) is 21.9 Å². The third kappa shape index (κ3) is 4.01. The predicted octanol–water partition coefficient (Wildman–Crippen LogP) is 4.55. The van der Waals surface area contributed by atoms with Gasteiger partial charge in [0.15, 0.2) is 0 Å². The Morgan fingerprint density at radius 3 is 2.71 bits per heavy atom. The molecule has 1 heterocycles. The van der Waals surface area contributed by atoms with Crippen LogP contribution < -0.4 is 5.32 Å². The summed E-state index contributed by atoms with van der Waals surface area (Å²) in [5.74, 6) is 0. The molecule has 0 aliphatic heterocycles. The number of hydrogen-bond acceptors (Lipinski definition) is 2. The smallest absolute Gasteiger partial charge is 0.0843 e. The van der Waals surface area contributed by atoms with Gasteiger partial charge >= 0.3 is 0 Å². The van der Waals surface area contributed by atoms with E-state index in [1.54, 1.807) is 11.3 Å². The molecule has 80 valence electrons. The molecule has 0 fully saturated rings. The fourth-order valence-electron chi connectivity index (χ4n) is 1.29. The molecule has 1 atom stereocenters. The summed E-state index contributed by atoms with van der Waals surface area (Å²) in [5.41, 5.74) is 0. The molecule has 1 N–H and O–H groups in total. The summed E-state index contributed by atoms with van der Waals surface area (Å²) in [6.07, 6.45) is 2.49. The van der Waals surface area contributed by atoms with Crippen molar-refractivity contribution in [1.82, 2.24) is 5.32 Å². The molecule has 0 saturated carbocycles. The Hall–Kier alpha value is 0.620. The average Bonchev–Trinajstić information content (AvgIpc) is 2.44. The molecule has 1 aromatic rings. The molecule has 1 nitrogen and oxygen atoms in total. The van der Waals surface area contributed by atoms with Crippen LogP contribution >= 0.6 is 43.2 Å². The van der Waals surface area contributed by atoms with E-state index in [2.05, 4.69) is 57.1 Å². The molecule has 0 bridgehead atoms. The maximum atomic E-state index is 3.51. The van der Waals surface area contributed by atoms with Crippen LogP contribution in [0.25, 0.3) is 0 Å². The lowest BCUT2D eigenvalue weighted by Crippen LogP contribution is -2.24. The van der Waals surface area contributed by atoms with Crippen LogP contribution in [0, 0.1) is 0 Å². The van der Waals surface area contributed by atoms with Crippen molar-refractivity contribution >= 4 is 43.2 Å². The van der Waals surface area contributed by atoms with Crippen LogP contribution in [0.5, 0.6) is 0 Å². The van der Waals surface area contributed by atoms with E-state index in [9.17, 15) is 0 Å². The van der Waals surface area contributed by atoms with Crippen molar-refractivity contribution in [3.05, 3.63) is 19.2 Å². The number of nitrogens with one attached hydrogen (secondary N) is 1. The average molecular weight is 341 g/mol. The first-order chi connectivity index (χ1) is 6.63. The molecule has 4 heteroatoms. The van der Waals surface area contributed by atoms with E-state index >= 15 is 0 Å². The topological polar surface area (TPSA) is 12.0 Å². The Morgan fingerprint density at radius 1 is 1.50 bits per heavy atom. The molecule has 1 unspecified atom stereocenters. The summed E-state index contributed by atoms with van der Waals surface area (Å²) in [5, 5.41) is 3.51. The van der Waals surface area contributed by atoms with Gasteiger partial charge in [0.25, 0.3) is 0 Å². The largest absolute Gasteiger partial charge is 0.309 e. The molecule has 0 aliphatic rings. The Labute approximate surface area is 107 Å². The minimum atomic E-state index is 0.611. The lowest BCUT2D eigenvalue weighted by atomic mass is 10.2. The third-order valence-electron chi connectivity index (χ3n) is 2.04. The van der Waals surface area contributed by atoms with E-state index in [4.69, 9.17) is 0 Å². The minimum Gasteiger partial charge on any atom is -0.309 e. The van der Waals surface area contributed by atoms with Crippen molar-refractivity contribution in [2.75, 3.05) is 0 Å². The highest BCUT2D eigenvalue weighted by Crippen LogP contribution is 2.32. The quantitative estimate of drug-likeness (QED) is 0.829. The summed E-state index contributed by atoms with van der Waals surface area (Å²) in [4.78, 5) is 1.37. The van der Waals surface area contributed by atoms with Crippen LogP contribution in [0.2, 0.25) is 0 Å². The Kier molecular flexibility index (Phi) is 5.67. The van der Waals surface area contributed by atoms with E-state index in [1.807, 2.05) is 0 Å². The van der Waals surface area contributed by atoms with E-state index in [0.29, 0.717) is 6.04 Å². The van der Waals surface area contributed by atoms with Crippen molar-refractivity contribution in [3.63, 3.8) is 0 Å². The molecule has 0 saturated heterocycles. The van der Waals surface area contributed by atoms with Crippen LogP contribution in [-0.2, 0) is 6.54 Å². The van der Waals surface area contributed by atoms with E-state index in [0.717, 1.165) is 11.0 Å². The van der Waals surface area contributed by atoms with Gasteiger partial charge in [-0.15, -0.1) is 11.3 Å². The molecular formula is C10H15Br2NS. The van der Waals surface area contributed by atoms with Crippen molar-refractivity contribution < 1.29 is 0 Å². The molecule has 0 aromatic carbocycles. The highest BCUT2D eigenvalue weighted by atomic mass is 79.9. The second-order valence-electron chi connectivity index (χ2n) is 3.40. The predicted molar refractivity (Wildman–Crippen MR) is 70.9 cm³/mol. The fraction of sp³-hybridized carbons (Fsp3) is 0.600. The van der Waals surface area contributed by atoms with Gasteiger partial charge in [0.1, 0.15) is 0 Å². The van der Waals surface area contributed by atoms with Gasteiger partial charge in [-0.05, 0) is 51.3 Å². The number of hydrogen-bond donors (Lipinski definition) is 1. The Morgan fingerprint density at radius 2 is 2.21 bits per heavy atom. The van der Waals surface area contributed by atoms with E-state index in [-0.39, 0.29) is 0 Å². The maximum absolute atomic E-state index is 3.51. The summed E-state index contributed by atoms with van der Waals surface area (Å²) < 4.78 is 2.33. The van der Waals surface area contributed by atoms with Crippen molar-refractivity contribution in [3.8, 4) is 0 Å². The van der Waals surface area contributed by atoms with Crippen molar-refractivity contribution in [2.45, 2.75) is 39.3 Å². The second-order valence-corrected chi connectivity index (χ2v) is 6.71. The molecule has 0 spiro atoms. The first-order valence-corrected chi connectivity index (χ1v) is 7.20. The van der Waals surface area contributed by atoms with Gasteiger partial charge in [-0.1, -0.05) is 13.3 Å². The zero-order chi connectivity index (χ0) is 10.6. The minimum absolute atomic E-state index is 0.611. The summed E-state index contributed by atoms with van der Waals surface area (Å²) in [7, 11) is 0. The number of rotatable bonds is 5. The number of halogens is 2. The van der Waals surface area contributed by atoms with Gasteiger partial charge in [0.05, 0.1) is 3.79 Å². The molecule has 1 rings (SSSR count). The highest BCUT2D eigenvalue weighted by Gasteiger charge is 2.05. The van der Waals surface area contributed by atoms with Gasteiger partial charge in [-0.2, -0.15) is 0 Å². The zero-order valence-corrected chi connectivity index (χ0v) is 12.4. The zero-order valence-electron chi connectivity index (χ0n) is 8.44. The van der Waals surface area contributed by atoms with Crippen LogP contribution in [0.15, 0.2) is 14.3 Å². The number of thiophene rings is 1. The van der Waals surface area contributed by atoms with Crippen LogP contribution in [0.4, 0.5) is 0 Å². The van der Waals surface area contributed by atoms with Gasteiger partial charge < -0.3 is 5.32 Å². The van der Waals surface area contributed by atoms with Gasteiger partial charge in [-0.25, -0.2) is 0 Å².